The number of carboxylic acid groups (broad SMARTS) is 2. The van der Waals surface area contributed by atoms with Gasteiger partial charge in [0.1, 0.15) is 10.8 Å². The largest absolute Gasteiger partial charge is 0.493 e. The summed E-state index contributed by atoms with van der Waals surface area (Å²) in [6.45, 7) is 1.00. The van der Waals surface area contributed by atoms with Gasteiger partial charge in [-0.15, -0.1) is 11.3 Å². The summed E-state index contributed by atoms with van der Waals surface area (Å²) in [5.41, 5.74) is 0.630. The van der Waals surface area contributed by atoms with E-state index >= 15 is 0 Å². The molecule has 2 N–H and O–H groups in total. The molecule has 0 bridgehead atoms. The Morgan fingerprint density at radius 2 is 1.91 bits per heavy atom. The lowest BCUT2D eigenvalue weighted by Crippen LogP contribution is -2.39. The van der Waals surface area contributed by atoms with Gasteiger partial charge in [0.25, 0.3) is 0 Å². The van der Waals surface area contributed by atoms with Crippen molar-refractivity contribution in [1.29, 1.82) is 0 Å². The second kappa shape index (κ2) is 10.6. The molecule has 1 aliphatic rings. The zero-order valence-electron chi connectivity index (χ0n) is 17.2. The van der Waals surface area contributed by atoms with Crippen LogP contribution in [0.2, 0.25) is 5.02 Å². The Bertz CT molecular complexity index is 1000. The molecule has 1 fully saturated rings. The topological polar surface area (TPSA) is 123 Å². The molecule has 0 spiro atoms. The van der Waals surface area contributed by atoms with E-state index in [1.807, 2.05) is 0 Å². The van der Waals surface area contributed by atoms with Crippen molar-refractivity contribution in [2.24, 2.45) is 5.92 Å². The molecule has 0 unspecified atom stereocenters. The molecule has 0 radical (unpaired) electrons. The summed E-state index contributed by atoms with van der Waals surface area (Å²) in [7, 11) is 1.37. The van der Waals surface area contributed by atoms with Crippen molar-refractivity contribution in [3.63, 3.8) is 0 Å². The fourth-order valence-corrected chi connectivity index (χ4v) is 4.74. The Kier molecular flexibility index (Phi) is 7.81. The van der Waals surface area contributed by atoms with E-state index in [9.17, 15) is 19.5 Å². The zero-order valence-corrected chi connectivity index (χ0v) is 18.8. The van der Waals surface area contributed by atoms with E-state index in [4.69, 9.17) is 30.9 Å². The van der Waals surface area contributed by atoms with Gasteiger partial charge in [-0.2, -0.15) is 0 Å². The third kappa shape index (κ3) is 5.63. The molecule has 1 aromatic heterocycles. The van der Waals surface area contributed by atoms with Crippen LogP contribution in [0.3, 0.4) is 0 Å². The van der Waals surface area contributed by atoms with Gasteiger partial charge in [0.2, 0.25) is 0 Å². The van der Waals surface area contributed by atoms with Crippen molar-refractivity contribution in [3.05, 3.63) is 34.2 Å². The lowest BCUT2D eigenvalue weighted by Gasteiger charge is -2.30. The maximum absolute atomic E-state index is 11.6. The van der Waals surface area contributed by atoms with Gasteiger partial charge in [-0.3, -0.25) is 0 Å². The highest BCUT2D eigenvalue weighted by Crippen LogP contribution is 2.46. The quantitative estimate of drug-likeness (QED) is 0.575. The number of rotatable bonds is 8. The molecule has 2 heterocycles. The molecule has 1 saturated heterocycles. The van der Waals surface area contributed by atoms with Crippen molar-refractivity contribution in [3.8, 4) is 21.9 Å². The van der Waals surface area contributed by atoms with E-state index in [1.54, 1.807) is 29.2 Å². The van der Waals surface area contributed by atoms with Crippen molar-refractivity contribution >= 4 is 41.0 Å². The number of benzene rings is 1. The minimum absolute atomic E-state index is 0.0426. The predicted octanol–water partition coefficient (Wildman–Crippen LogP) is 4.09. The second-order valence-corrected chi connectivity index (χ2v) is 8.53. The zero-order chi connectivity index (χ0) is 23.3. The van der Waals surface area contributed by atoms with Crippen LogP contribution < -0.4 is 9.47 Å². The summed E-state index contributed by atoms with van der Waals surface area (Å²) in [6, 6.07) is 7.05. The number of thiophene rings is 1. The van der Waals surface area contributed by atoms with Crippen LogP contribution in [-0.2, 0) is 9.53 Å². The number of aromatic carboxylic acids is 1. The van der Waals surface area contributed by atoms with Crippen LogP contribution in [0.5, 0.6) is 11.5 Å². The first kappa shape index (κ1) is 23.7. The molecule has 0 atom stereocenters. The molecule has 2 aromatic rings. The molecule has 1 aromatic carbocycles. The number of carbonyl (C=O) groups is 3. The first-order chi connectivity index (χ1) is 15.3. The number of ether oxygens (including phenoxy) is 3. The van der Waals surface area contributed by atoms with Crippen molar-refractivity contribution in [2.75, 3.05) is 33.4 Å². The van der Waals surface area contributed by atoms with Crippen molar-refractivity contribution in [1.82, 2.24) is 4.90 Å². The number of aliphatic carboxylic acids is 1. The summed E-state index contributed by atoms with van der Waals surface area (Å²) >= 11 is 7.24. The molecule has 172 valence electrons. The molecule has 11 heteroatoms. The number of carbonyl (C=O) groups excluding carboxylic acids is 1. The third-order valence-corrected chi connectivity index (χ3v) is 6.65. The highest BCUT2D eigenvalue weighted by molar-refractivity contribution is 7.18. The molecular weight excluding hydrogens is 462 g/mol. The number of hydrogen-bond acceptors (Lipinski definition) is 7. The van der Waals surface area contributed by atoms with E-state index in [-0.39, 0.29) is 21.7 Å². The third-order valence-electron chi connectivity index (χ3n) is 4.97. The lowest BCUT2D eigenvalue weighted by atomic mass is 9.98. The highest BCUT2D eigenvalue weighted by Gasteiger charge is 2.26. The molecule has 0 saturated carbocycles. The molecule has 1 amide bonds. The predicted molar refractivity (Wildman–Crippen MR) is 117 cm³/mol. The Morgan fingerprint density at radius 3 is 2.53 bits per heavy atom. The normalized spacial score (nSPS) is 14.1. The molecular formula is C21H22ClNO8S. The molecule has 32 heavy (non-hydrogen) atoms. The Morgan fingerprint density at radius 1 is 1.19 bits per heavy atom. The van der Waals surface area contributed by atoms with Crippen molar-refractivity contribution in [2.45, 2.75) is 12.8 Å². The molecule has 9 nitrogen and oxygen atoms in total. The first-order valence-electron chi connectivity index (χ1n) is 9.76. The van der Waals surface area contributed by atoms with E-state index < -0.39 is 18.5 Å². The number of carboxylic acids is 2. The standard InChI is InChI=1S/C21H22ClNO8S/c1-29-21(28)23-7-5-12(6-8-23)10-30-14-4-2-3-13(9-14)18-16(22)17(31-11-15(24)25)19(32-18)20(26)27/h2-4,9,12H,5-8,10-11H2,1H3,(H,24,25)(H,26,27). The number of piperidine rings is 1. The number of amides is 1. The van der Waals surface area contributed by atoms with Gasteiger partial charge >= 0.3 is 18.0 Å². The fraction of sp³-hybridized carbons (Fsp3) is 0.381. The van der Waals surface area contributed by atoms with Gasteiger partial charge < -0.3 is 29.3 Å². The van der Waals surface area contributed by atoms with Crippen molar-refractivity contribution < 1.29 is 38.8 Å². The van der Waals surface area contributed by atoms with E-state index in [1.165, 1.54) is 7.11 Å². The monoisotopic (exact) mass is 483 g/mol. The van der Waals surface area contributed by atoms with Gasteiger partial charge in [0.15, 0.2) is 17.2 Å². The van der Waals surface area contributed by atoms with E-state index in [0.717, 1.165) is 24.2 Å². The summed E-state index contributed by atoms with van der Waals surface area (Å²) in [6.07, 6.45) is 1.28. The average Bonchev–Trinajstić information content (AvgIpc) is 3.12. The molecule has 3 rings (SSSR count). The SMILES string of the molecule is COC(=O)N1CCC(COc2cccc(-c3sc(C(=O)O)c(OCC(=O)O)c3Cl)c2)CC1. The average molecular weight is 484 g/mol. The Hall–Kier alpha value is -2.98. The second-order valence-electron chi connectivity index (χ2n) is 7.13. The minimum atomic E-state index is -1.26. The summed E-state index contributed by atoms with van der Waals surface area (Å²) in [5.74, 6) is -1.77. The number of hydrogen-bond donors (Lipinski definition) is 2. The van der Waals surface area contributed by atoms with Gasteiger partial charge in [-0.1, -0.05) is 23.7 Å². The maximum atomic E-state index is 11.6. The lowest BCUT2D eigenvalue weighted by molar-refractivity contribution is -0.139. The van der Waals surface area contributed by atoms with Crippen LogP contribution in [0.25, 0.3) is 10.4 Å². The summed E-state index contributed by atoms with van der Waals surface area (Å²) in [5, 5.41) is 18.3. The van der Waals surface area contributed by atoms with Crippen LogP contribution in [-0.4, -0.2) is 66.6 Å². The minimum Gasteiger partial charge on any atom is -0.493 e. The first-order valence-corrected chi connectivity index (χ1v) is 11.0. The van der Waals surface area contributed by atoms with Gasteiger partial charge in [-0.25, -0.2) is 14.4 Å². The Labute approximate surface area is 193 Å². The van der Waals surface area contributed by atoms with Gasteiger partial charge in [0.05, 0.1) is 18.6 Å². The number of halogens is 1. The Balaban J connectivity index is 1.70. The van der Waals surface area contributed by atoms with Gasteiger partial charge in [-0.05, 0) is 36.5 Å². The van der Waals surface area contributed by atoms with E-state index in [0.29, 0.717) is 41.8 Å². The number of nitrogens with zero attached hydrogens (tertiary/aromatic N) is 1. The van der Waals surface area contributed by atoms with E-state index in [2.05, 4.69) is 0 Å². The highest BCUT2D eigenvalue weighted by atomic mass is 35.5. The van der Waals surface area contributed by atoms with Crippen LogP contribution in [0, 0.1) is 5.92 Å². The van der Waals surface area contributed by atoms with Crippen LogP contribution in [0.4, 0.5) is 4.79 Å². The van der Waals surface area contributed by atoms with Crippen LogP contribution in [0.1, 0.15) is 22.5 Å². The number of methoxy groups -OCH3 is 1. The molecule has 0 aliphatic carbocycles. The maximum Gasteiger partial charge on any atom is 0.409 e. The molecule has 1 aliphatic heterocycles. The van der Waals surface area contributed by atoms with Crippen LogP contribution >= 0.6 is 22.9 Å². The summed E-state index contributed by atoms with van der Waals surface area (Å²) < 4.78 is 15.8. The fourth-order valence-electron chi connectivity index (χ4n) is 3.34. The number of likely N-dealkylation sites (tertiary alicyclic amines) is 1. The summed E-state index contributed by atoms with van der Waals surface area (Å²) in [4.78, 5) is 35.9. The van der Waals surface area contributed by atoms with Gasteiger partial charge in [0, 0.05) is 13.1 Å². The smallest absolute Gasteiger partial charge is 0.409 e. The van der Waals surface area contributed by atoms with Crippen LogP contribution in [0.15, 0.2) is 24.3 Å².